The Kier molecular flexibility index (Phi) is 4.94. The molecule has 0 bridgehead atoms. The number of fused-ring (bicyclic) bond motifs is 3. The van der Waals surface area contributed by atoms with Crippen molar-refractivity contribution < 1.29 is 9.53 Å². The van der Waals surface area contributed by atoms with Gasteiger partial charge < -0.3 is 15.4 Å². The lowest BCUT2D eigenvalue weighted by atomic mass is 10.0. The smallest absolute Gasteiger partial charge is 0.249 e. The fourth-order valence-corrected chi connectivity index (χ4v) is 4.65. The summed E-state index contributed by atoms with van der Waals surface area (Å²) >= 11 is 0. The fraction of sp³-hybridized carbons (Fsp3) is 0.320. The Morgan fingerprint density at radius 3 is 2.65 bits per heavy atom. The third kappa shape index (κ3) is 3.57. The molecule has 6 heteroatoms. The number of nitrogens with zero attached hydrogens (tertiary/aromatic N) is 3. The fourth-order valence-electron chi connectivity index (χ4n) is 4.65. The highest BCUT2D eigenvalue weighted by Crippen LogP contribution is 2.40. The number of hydrogen-bond acceptors (Lipinski definition) is 5. The topological polar surface area (TPSA) is 81.3 Å². The molecule has 0 saturated carbocycles. The van der Waals surface area contributed by atoms with Gasteiger partial charge >= 0.3 is 0 Å². The standard InChI is InChI=1S/C25H26N4O2/c1-15-3-4-16(14-27-15)23-13-22(25(26)30)21-12-17-11-18(5-6-20(17)24(21)28-23)29-9-7-19(31-2)8-10-29/h3-6,11,13-14,19H,7-10,12H2,1-2H3,(H2,26,30). The van der Waals surface area contributed by atoms with E-state index in [4.69, 9.17) is 15.5 Å². The second-order valence-electron chi connectivity index (χ2n) is 8.38. The van der Waals surface area contributed by atoms with E-state index < -0.39 is 5.91 Å². The molecule has 2 aromatic heterocycles. The van der Waals surface area contributed by atoms with Crippen LogP contribution >= 0.6 is 0 Å². The number of pyridine rings is 2. The van der Waals surface area contributed by atoms with Crippen LogP contribution in [0.15, 0.2) is 42.6 Å². The maximum Gasteiger partial charge on any atom is 0.249 e. The third-order valence-electron chi connectivity index (χ3n) is 6.45. The number of benzene rings is 1. The number of nitrogens with two attached hydrogens (primary N) is 1. The van der Waals surface area contributed by atoms with E-state index in [1.54, 1.807) is 19.4 Å². The third-order valence-corrected chi connectivity index (χ3v) is 6.45. The first-order valence-electron chi connectivity index (χ1n) is 10.7. The van der Waals surface area contributed by atoms with Gasteiger partial charge in [0.15, 0.2) is 0 Å². The number of ether oxygens (including phenoxy) is 1. The predicted molar refractivity (Wildman–Crippen MR) is 121 cm³/mol. The van der Waals surface area contributed by atoms with E-state index in [-0.39, 0.29) is 0 Å². The zero-order valence-corrected chi connectivity index (χ0v) is 17.9. The molecule has 1 saturated heterocycles. The molecular weight excluding hydrogens is 388 g/mol. The predicted octanol–water partition coefficient (Wildman–Crippen LogP) is 3.74. The van der Waals surface area contributed by atoms with Crippen molar-refractivity contribution in [3.63, 3.8) is 0 Å². The van der Waals surface area contributed by atoms with Gasteiger partial charge in [-0.25, -0.2) is 4.98 Å². The molecule has 3 heterocycles. The van der Waals surface area contributed by atoms with E-state index in [1.165, 1.54) is 11.3 Å². The largest absolute Gasteiger partial charge is 0.381 e. The Bertz CT molecular complexity index is 1150. The summed E-state index contributed by atoms with van der Waals surface area (Å²) in [6.45, 7) is 3.92. The monoisotopic (exact) mass is 414 g/mol. The summed E-state index contributed by atoms with van der Waals surface area (Å²) in [4.78, 5) is 24.0. The van der Waals surface area contributed by atoms with Crippen LogP contribution < -0.4 is 10.6 Å². The van der Waals surface area contributed by atoms with Crippen LogP contribution in [-0.4, -0.2) is 42.2 Å². The summed E-state index contributed by atoms with van der Waals surface area (Å²) in [5.41, 5.74) is 14.1. The Morgan fingerprint density at radius 2 is 1.97 bits per heavy atom. The maximum atomic E-state index is 12.3. The zero-order valence-electron chi connectivity index (χ0n) is 17.9. The summed E-state index contributed by atoms with van der Waals surface area (Å²) in [6, 6.07) is 12.3. The molecule has 31 heavy (non-hydrogen) atoms. The van der Waals surface area contributed by atoms with Crippen LogP contribution in [0.3, 0.4) is 0 Å². The van der Waals surface area contributed by atoms with Crippen molar-refractivity contribution >= 4 is 11.6 Å². The van der Waals surface area contributed by atoms with Gasteiger partial charge in [0.25, 0.3) is 0 Å². The van der Waals surface area contributed by atoms with E-state index in [2.05, 4.69) is 28.1 Å². The lowest BCUT2D eigenvalue weighted by Gasteiger charge is -2.33. The summed E-state index contributed by atoms with van der Waals surface area (Å²) < 4.78 is 5.50. The number of aromatic nitrogens is 2. The number of hydrogen-bond donors (Lipinski definition) is 1. The van der Waals surface area contributed by atoms with E-state index in [0.29, 0.717) is 18.1 Å². The quantitative estimate of drug-likeness (QED) is 0.550. The van der Waals surface area contributed by atoms with Gasteiger partial charge in [-0.3, -0.25) is 9.78 Å². The molecule has 6 nitrogen and oxygen atoms in total. The normalized spacial score (nSPS) is 15.6. The second kappa shape index (κ2) is 7.78. The van der Waals surface area contributed by atoms with Crippen LogP contribution in [0.4, 0.5) is 5.69 Å². The van der Waals surface area contributed by atoms with Gasteiger partial charge in [0.1, 0.15) is 0 Å². The number of aryl methyl sites for hydroxylation is 1. The molecule has 1 amide bonds. The van der Waals surface area contributed by atoms with Crippen molar-refractivity contribution in [3.8, 4) is 22.5 Å². The molecule has 0 unspecified atom stereocenters. The average molecular weight is 415 g/mol. The minimum atomic E-state index is -0.422. The van der Waals surface area contributed by atoms with Gasteiger partial charge in [-0.1, -0.05) is 6.07 Å². The molecule has 0 atom stereocenters. The molecule has 0 spiro atoms. The Morgan fingerprint density at radius 1 is 1.16 bits per heavy atom. The molecule has 3 aromatic rings. The van der Waals surface area contributed by atoms with Crippen LogP contribution in [0.1, 0.15) is 40.0 Å². The number of anilines is 1. The van der Waals surface area contributed by atoms with E-state index in [9.17, 15) is 4.79 Å². The number of piperidine rings is 1. The van der Waals surface area contributed by atoms with Crippen molar-refractivity contribution in [2.75, 3.05) is 25.1 Å². The van der Waals surface area contributed by atoms with Crippen molar-refractivity contribution in [2.45, 2.75) is 32.3 Å². The number of methoxy groups -OCH3 is 1. The van der Waals surface area contributed by atoms with Crippen molar-refractivity contribution in [3.05, 3.63) is 65.0 Å². The number of carbonyl (C=O) groups is 1. The minimum absolute atomic E-state index is 0.354. The number of primary amides is 1. The molecule has 1 aromatic carbocycles. The number of rotatable bonds is 4. The Hall–Kier alpha value is -3.25. The molecule has 1 aliphatic carbocycles. The maximum absolute atomic E-state index is 12.3. The van der Waals surface area contributed by atoms with Crippen molar-refractivity contribution in [2.24, 2.45) is 5.73 Å². The molecule has 2 N–H and O–H groups in total. The lowest BCUT2D eigenvalue weighted by molar-refractivity contribution is 0.0819. The summed E-state index contributed by atoms with van der Waals surface area (Å²) in [6.07, 6.45) is 4.89. The van der Waals surface area contributed by atoms with Gasteiger partial charge in [0.2, 0.25) is 5.91 Å². The Balaban J connectivity index is 1.52. The number of carbonyl (C=O) groups excluding carboxylic acids is 1. The van der Waals surface area contributed by atoms with Crippen molar-refractivity contribution in [1.82, 2.24) is 9.97 Å². The second-order valence-corrected chi connectivity index (χ2v) is 8.38. The van der Waals surface area contributed by atoms with Gasteiger partial charge in [-0.15, -0.1) is 0 Å². The summed E-state index contributed by atoms with van der Waals surface area (Å²) in [7, 11) is 1.79. The first-order valence-corrected chi connectivity index (χ1v) is 10.7. The highest BCUT2D eigenvalue weighted by molar-refractivity contribution is 5.98. The average Bonchev–Trinajstić information content (AvgIpc) is 3.16. The Labute approximate surface area is 182 Å². The lowest BCUT2D eigenvalue weighted by Crippen LogP contribution is -2.36. The van der Waals surface area contributed by atoms with Crippen LogP contribution in [0.2, 0.25) is 0 Å². The molecule has 1 fully saturated rings. The molecule has 5 rings (SSSR count). The molecule has 2 aliphatic rings. The van der Waals surface area contributed by atoms with E-state index in [0.717, 1.165) is 59.7 Å². The minimum Gasteiger partial charge on any atom is -0.381 e. The van der Waals surface area contributed by atoms with Gasteiger partial charge in [0.05, 0.1) is 17.5 Å². The van der Waals surface area contributed by atoms with Gasteiger partial charge in [-0.2, -0.15) is 0 Å². The van der Waals surface area contributed by atoms with Crippen LogP contribution in [0, 0.1) is 6.92 Å². The molecule has 158 valence electrons. The van der Waals surface area contributed by atoms with E-state index >= 15 is 0 Å². The van der Waals surface area contributed by atoms with Gasteiger partial charge in [0, 0.05) is 60.9 Å². The summed E-state index contributed by atoms with van der Waals surface area (Å²) in [5, 5.41) is 0. The SMILES string of the molecule is COC1CCN(c2ccc3c(c2)Cc2c(C(N)=O)cc(-c4ccc(C)nc4)nc2-3)CC1. The molecule has 0 radical (unpaired) electrons. The highest BCUT2D eigenvalue weighted by atomic mass is 16.5. The van der Waals surface area contributed by atoms with Crippen molar-refractivity contribution in [1.29, 1.82) is 0 Å². The van der Waals surface area contributed by atoms with Crippen LogP contribution in [0.5, 0.6) is 0 Å². The van der Waals surface area contributed by atoms with E-state index in [1.807, 2.05) is 19.1 Å². The first kappa shape index (κ1) is 19.7. The first-order chi connectivity index (χ1) is 15.0. The van der Waals surface area contributed by atoms with Gasteiger partial charge in [-0.05, 0) is 61.2 Å². The highest BCUT2D eigenvalue weighted by Gasteiger charge is 2.27. The molecule has 1 aliphatic heterocycles. The zero-order chi connectivity index (χ0) is 21.5. The molecular formula is C25H26N4O2. The summed E-state index contributed by atoms with van der Waals surface area (Å²) in [5.74, 6) is -0.422. The van der Waals surface area contributed by atoms with Crippen LogP contribution in [0.25, 0.3) is 22.5 Å². The number of amides is 1. The van der Waals surface area contributed by atoms with Crippen LogP contribution in [-0.2, 0) is 11.2 Å².